The van der Waals surface area contributed by atoms with Crippen LogP contribution in [0, 0.1) is 12.8 Å². The van der Waals surface area contributed by atoms with Crippen LogP contribution in [0.15, 0.2) is 29.7 Å². The molecule has 1 aromatic carbocycles. The maximum atomic E-state index is 12.5. The normalized spacial score (nSPS) is 20.4. The van der Waals surface area contributed by atoms with E-state index in [0.717, 1.165) is 37.1 Å². The molecule has 0 radical (unpaired) electrons. The van der Waals surface area contributed by atoms with E-state index < -0.39 is 10.0 Å². The summed E-state index contributed by atoms with van der Waals surface area (Å²) < 4.78 is 26.5. The average Bonchev–Trinajstić information content (AvgIpc) is 3.15. The summed E-state index contributed by atoms with van der Waals surface area (Å²) in [6, 6.07) is 7.73. The van der Waals surface area contributed by atoms with Gasteiger partial charge in [0.2, 0.25) is 15.9 Å². The van der Waals surface area contributed by atoms with Crippen LogP contribution in [0.5, 0.6) is 0 Å². The number of carbonyl (C=O) groups is 1. The number of hydrogen-bond donors (Lipinski definition) is 0. The lowest BCUT2D eigenvalue weighted by Crippen LogP contribution is -2.43. The molecule has 1 aromatic rings. The van der Waals surface area contributed by atoms with Crippen LogP contribution in [-0.4, -0.2) is 49.7 Å². The zero-order chi connectivity index (χ0) is 17.9. The van der Waals surface area contributed by atoms with Crippen molar-refractivity contribution in [2.75, 3.05) is 26.2 Å². The van der Waals surface area contributed by atoms with Crippen LogP contribution in [0.25, 0.3) is 6.08 Å². The Morgan fingerprint density at radius 3 is 2.24 bits per heavy atom. The van der Waals surface area contributed by atoms with Gasteiger partial charge >= 0.3 is 0 Å². The van der Waals surface area contributed by atoms with Crippen molar-refractivity contribution in [1.29, 1.82) is 0 Å². The molecule has 6 heteroatoms. The second kappa shape index (κ2) is 7.70. The number of likely N-dealkylation sites (tertiary alicyclic amines) is 1. The third-order valence-electron chi connectivity index (χ3n) is 5.09. The quantitative estimate of drug-likeness (QED) is 0.827. The Morgan fingerprint density at radius 1 is 1.04 bits per heavy atom. The fourth-order valence-electron chi connectivity index (χ4n) is 3.48. The number of benzene rings is 1. The molecule has 0 bridgehead atoms. The Hall–Kier alpha value is -1.66. The number of nitrogens with zero attached hydrogens (tertiary/aromatic N) is 2. The topological polar surface area (TPSA) is 57.7 Å². The third-order valence-corrected chi connectivity index (χ3v) is 6.66. The van der Waals surface area contributed by atoms with Crippen molar-refractivity contribution < 1.29 is 13.2 Å². The van der Waals surface area contributed by atoms with E-state index >= 15 is 0 Å². The molecule has 1 amide bonds. The van der Waals surface area contributed by atoms with Gasteiger partial charge in [-0.05, 0) is 44.2 Å². The third kappa shape index (κ3) is 4.50. The van der Waals surface area contributed by atoms with Gasteiger partial charge in [0.05, 0.1) is 0 Å². The summed E-state index contributed by atoms with van der Waals surface area (Å²) >= 11 is 0. The molecule has 0 saturated carbocycles. The van der Waals surface area contributed by atoms with E-state index in [-0.39, 0.29) is 11.8 Å². The van der Waals surface area contributed by atoms with E-state index in [9.17, 15) is 13.2 Å². The molecule has 136 valence electrons. The van der Waals surface area contributed by atoms with Crippen LogP contribution in [0.4, 0.5) is 0 Å². The maximum Gasteiger partial charge on any atom is 0.236 e. The van der Waals surface area contributed by atoms with Gasteiger partial charge in [-0.15, -0.1) is 0 Å². The Bertz CT molecular complexity index is 726. The summed E-state index contributed by atoms with van der Waals surface area (Å²) in [6.45, 7) is 4.56. The second-order valence-electron chi connectivity index (χ2n) is 6.96. The van der Waals surface area contributed by atoms with Crippen LogP contribution >= 0.6 is 0 Å². The summed E-state index contributed by atoms with van der Waals surface area (Å²) in [6.07, 6.45) is 5.04. The average molecular weight is 362 g/mol. The van der Waals surface area contributed by atoms with Crippen molar-refractivity contribution in [3.63, 3.8) is 0 Å². The Morgan fingerprint density at radius 2 is 1.64 bits per heavy atom. The number of rotatable bonds is 4. The molecule has 2 heterocycles. The van der Waals surface area contributed by atoms with Crippen LogP contribution in [0.3, 0.4) is 0 Å². The first kappa shape index (κ1) is 18.1. The lowest BCUT2D eigenvalue weighted by atomic mass is 9.97. The van der Waals surface area contributed by atoms with Gasteiger partial charge in [-0.3, -0.25) is 4.79 Å². The highest BCUT2D eigenvalue weighted by molar-refractivity contribution is 7.92. The van der Waals surface area contributed by atoms with Crippen molar-refractivity contribution in [1.82, 2.24) is 9.21 Å². The lowest BCUT2D eigenvalue weighted by Gasteiger charge is -2.31. The maximum absolute atomic E-state index is 12.5. The van der Waals surface area contributed by atoms with Crippen LogP contribution < -0.4 is 0 Å². The van der Waals surface area contributed by atoms with Crippen molar-refractivity contribution in [2.45, 2.75) is 32.6 Å². The Labute approximate surface area is 150 Å². The fourth-order valence-corrected chi connectivity index (χ4v) is 4.70. The van der Waals surface area contributed by atoms with Gasteiger partial charge in [-0.2, -0.15) is 4.31 Å². The minimum Gasteiger partial charge on any atom is -0.342 e. The second-order valence-corrected chi connectivity index (χ2v) is 8.78. The van der Waals surface area contributed by atoms with E-state index in [1.165, 1.54) is 9.71 Å². The molecule has 0 aliphatic carbocycles. The first-order valence-corrected chi connectivity index (χ1v) is 10.5. The monoisotopic (exact) mass is 362 g/mol. The highest BCUT2D eigenvalue weighted by Gasteiger charge is 2.32. The van der Waals surface area contributed by atoms with Crippen LogP contribution in [0.1, 0.15) is 36.8 Å². The molecule has 5 nitrogen and oxygen atoms in total. The Balaban J connectivity index is 1.57. The van der Waals surface area contributed by atoms with Crippen molar-refractivity contribution in [3.8, 4) is 0 Å². The minimum absolute atomic E-state index is 0.0226. The summed E-state index contributed by atoms with van der Waals surface area (Å²) in [5, 5.41) is 1.28. The highest BCUT2D eigenvalue weighted by atomic mass is 32.2. The number of carbonyl (C=O) groups excluding carboxylic acids is 1. The molecule has 2 aliphatic heterocycles. The summed E-state index contributed by atoms with van der Waals surface area (Å²) in [5.41, 5.74) is 2.01. The van der Waals surface area contributed by atoms with Gasteiger partial charge in [-0.25, -0.2) is 8.42 Å². The zero-order valence-electron chi connectivity index (χ0n) is 14.7. The van der Waals surface area contributed by atoms with Gasteiger partial charge in [0, 0.05) is 37.5 Å². The van der Waals surface area contributed by atoms with Crippen molar-refractivity contribution >= 4 is 22.0 Å². The molecule has 0 N–H and O–H groups in total. The Kier molecular flexibility index (Phi) is 5.59. The number of sulfonamides is 1. The molecular weight excluding hydrogens is 336 g/mol. The molecule has 0 unspecified atom stereocenters. The molecule has 0 atom stereocenters. The lowest BCUT2D eigenvalue weighted by molar-refractivity contribution is -0.135. The first-order valence-electron chi connectivity index (χ1n) is 8.99. The number of amides is 1. The van der Waals surface area contributed by atoms with Gasteiger partial charge in [0.25, 0.3) is 0 Å². The van der Waals surface area contributed by atoms with Gasteiger partial charge in [-0.1, -0.05) is 29.8 Å². The van der Waals surface area contributed by atoms with Gasteiger partial charge < -0.3 is 4.90 Å². The minimum atomic E-state index is -3.43. The molecule has 2 saturated heterocycles. The van der Waals surface area contributed by atoms with E-state index in [4.69, 9.17) is 0 Å². The highest BCUT2D eigenvalue weighted by Crippen LogP contribution is 2.24. The van der Waals surface area contributed by atoms with Crippen molar-refractivity contribution in [3.05, 3.63) is 40.8 Å². The molecular formula is C19H26N2O3S. The summed E-state index contributed by atoms with van der Waals surface area (Å²) in [7, 11) is -3.43. The molecule has 2 fully saturated rings. The largest absolute Gasteiger partial charge is 0.342 e. The van der Waals surface area contributed by atoms with E-state index in [1.54, 1.807) is 6.08 Å². The summed E-state index contributed by atoms with van der Waals surface area (Å²) in [4.78, 5) is 14.4. The van der Waals surface area contributed by atoms with E-state index in [2.05, 4.69) is 0 Å². The smallest absolute Gasteiger partial charge is 0.236 e. The molecule has 25 heavy (non-hydrogen) atoms. The van der Waals surface area contributed by atoms with Crippen LogP contribution in [-0.2, 0) is 14.8 Å². The van der Waals surface area contributed by atoms with Gasteiger partial charge in [0.15, 0.2) is 0 Å². The molecule has 0 spiro atoms. The van der Waals surface area contributed by atoms with Crippen LogP contribution in [0.2, 0.25) is 0 Å². The molecule has 2 aliphatic rings. The fraction of sp³-hybridized carbons (Fsp3) is 0.526. The zero-order valence-corrected chi connectivity index (χ0v) is 15.5. The predicted molar refractivity (Wildman–Crippen MR) is 99.2 cm³/mol. The standard InChI is InChI=1S/C19H26N2O3S/c1-16-4-6-17(7-5-16)10-15-25(23,24)21-13-8-18(9-14-21)19(22)20-11-2-3-12-20/h4-7,10,15,18H,2-3,8-9,11-14H2,1H3/b15-10+. The predicted octanol–water partition coefficient (Wildman–Crippen LogP) is 2.63. The molecule has 3 rings (SSSR count). The summed E-state index contributed by atoms with van der Waals surface area (Å²) in [5.74, 6) is 0.190. The van der Waals surface area contributed by atoms with Gasteiger partial charge in [0.1, 0.15) is 0 Å². The number of piperidine rings is 1. The molecule has 0 aromatic heterocycles. The van der Waals surface area contributed by atoms with E-state index in [1.807, 2.05) is 36.1 Å². The SMILES string of the molecule is Cc1ccc(/C=C/S(=O)(=O)N2CCC(C(=O)N3CCCC3)CC2)cc1. The first-order chi connectivity index (χ1) is 12.0. The number of aryl methyl sites for hydroxylation is 1. The van der Waals surface area contributed by atoms with Crippen molar-refractivity contribution in [2.24, 2.45) is 5.92 Å². The number of hydrogen-bond acceptors (Lipinski definition) is 3. The van der Waals surface area contributed by atoms with E-state index in [0.29, 0.717) is 25.9 Å².